The molecule has 1 aliphatic rings. The van der Waals surface area contributed by atoms with Crippen LogP contribution in [0.25, 0.3) is 0 Å². The number of nitrogens with zero attached hydrogens (tertiary/aromatic N) is 1. The van der Waals surface area contributed by atoms with Gasteiger partial charge in [-0.3, -0.25) is 0 Å². The second-order valence-electron chi connectivity index (χ2n) is 5.19. The number of sulfone groups is 1. The Labute approximate surface area is 129 Å². The molecular formula is C15H15ClN2O2S. The lowest BCUT2D eigenvalue weighted by atomic mass is 10.0. The molecule has 0 aliphatic carbocycles. The highest BCUT2D eigenvalue weighted by Crippen LogP contribution is 2.35. The first kappa shape index (κ1) is 14.4. The van der Waals surface area contributed by atoms with Crippen LogP contribution in [0.4, 0.5) is 5.69 Å². The van der Waals surface area contributed by atoms with Crippen molar-refractivity contribution in [3.05, 3.63) is 52.8 Å². The van der Waals surface area contributed by atoms with Crippen LogP contribution in [0, 0.1) is 6.92 Å². The maximum atomic E-state index is 12.1. The summed E-state index contributed by atoms with van der Waals surface area (Å²) in [5, 5.41) is 3.72. The quantitative estimate of drug-likeness (QED) is 0.861. The average Bonchev–Trinajstić information content (AvgIpc) is 2.46. The first-order chi connectivity index (χ1) is 9.97. The molecule has 21 heavy (non-hydrogen) atoms. The van der Waals surface area contributed by atoms with E-state index in [0.29, 0.717) is 16.5 Å². The van der Waals surface area contributed by atoms with Gasteiger partial charge in [0.2, 0.25) is 0 Å². The van der Waals surface area contributed by atoms with Gasteiger partial charge in [0.1, 0.15) is 0 Å². The number of rotatable bonds is 2. The molecule has 1 N–H and O–H groups in total. The van der Waals surface area contributed by atoms with Crippen molar-refractivity contribution in [3.63, 3.8) is 0 Å². The lowest BCUT2D eigenvalue weighted by molar-refractivity contribution is 0.576. The van der Waals surface area contributed by atoms with Crippen molar-refractivity contribution >= 4 is 27.1 Å². The maximum absolute atomic E-state index is 12.1. The molecule has 0 spiro atoms. The Balaban J connectivity index is 1.99. The number of hydrogen-bond donors (Lipinski definition) is 1. The molecule has 0 amide bonds. The highest BCUT2D eigenvalue weighted by molar-refractivity contribution is 7.91. The molecule has 0 radical (unpaired) electrons. The lowest BCUT2D eigenvalue weighted by Crippen LogP contribution is -2.24. The molecule has 1 aromatic heterocycles. The van der Waals surface area contributed by atoms with Crippen LogP contribution in [0.5, 0.6) is 0 Å². The minimum absolute atomic E-state index is 0.0779. The Morgan fingerprint density at radius 1 is 1.33 bits per heavy atom. The second kappa shape index (κ2) is 5.31. The molecule has 3 rings (SSSR count). The lowest BCUT2D eigenvalue weighted by Gasteiger charge is -2.27. The normalized spacial score (nSPS) is 19.8. The number of anilines is 1. The molecule has 1 atom stereocenters. The summed E-state index contributed by atoms with van der Waals surface area (Å²) >= 11 is 6.11. The van der Waals surface area contributed by atoms with E-state index in [2.05, 4.69) is 10.3 Å². The van der Waals surface area contributed by atoms with Crippen LogP contribution >= 0.6 is 11.6 Å². The summed E-state index contributed by atoms with van der Waals surface area (Å²) in [4.78, 5) is 4.52. The van der Waals surface area contributed by atoms with E-state index >= 15 is 0 Å². The van der Waals surface area contributed by atoms with E-state index in [-0.39, 0.29) is 11.8 Å². The number of halogens is 1. The number of benzene rings is 1. The average molecular weight is 323 g/mol. The van der Waals surface area contributed by atoms with Crippen molar-refractivity contribution in [2.75, 3.05) is 11.1 Å². The molecule has 2 aromatic rings. The smallest absolute Gasteiger partial charge is 0.178 e. The third kappa shape index (κ3) is 2.76. The van der Waals surface area contributed by atoms with Gasteiger partial charge in [-0.15, -0.1) is 0 Å². The molecule has 0 saturated heterocycles. The van der Waals surface area contributed by atoms with Gasteiger partial charge in [0.15, 0.2) is 15.0 Å². The minimum atomic E-state index is -3.17. The number of nitrogens with one attached hydrogen (secondary N) is 1. The van der Waals surface area contributed by atoms with Gasteiger partial charge in [0, 0.05) is 6.20 Å². The number of hydrogen-bond acceptors (Lipinski definition) is 4. The maximum Gasteiger partial charge on any atom is 0.178 e. The zero-order valence-corrected chi connectivity index (χ0v) is 13.1. The van der Waals surface area contributed by atoms with E-state index in [4.69, 9.17) is 11.6 Å². The first-order valence-electron chi connectivity index (χ1n) is 6.68. The molecule has 110 valence electrons. The first-order valence-corrected chi connectivity index (χ1v) is 8.71. The number of pyridine rings is 1. The van der Waals surface area contributed by atoms with Gasteiger partial charge in [-0.25, -0.2) is 13.4 Å². The van der Waals surface area contributed by atoms with Gasteiger partial charge in [0.05, 0.1) is 22.4 Å². The topological polar surface area (TPSA) is 59.1 Å². The summed E-state index contributed by atoms with van der Waals surface area (Å²) < 4.78 is 24.3. The highest BCUT2D eigenvalue weighted by atomic mass is 35.5. The van der Waals surface area contributed by atoms with Crippen molar-refractivity contribution in [1.82, 2.24) is 4.98 Å². The molecule has 1 aliphatic heterocycles. The predicted octanol–water partition coefficient (Wildman–Crippen LogP) is 3.37. The van der Waals surface area contributed by atoms with E-state index in [0.717, 1.165) is 16.8 Å². The van der Waals surface area contributed by atoms with Crippen LogP contribution in [0.15, 0.2) is 41.4 Å². The van der Waals surface area contributed by atoms with Crippen LogP contribution in [-0.2, 0) is 9.84 Å². The summed E-state index contributed by atoms with van der Waals surface area (Å²) in [7, 11) is -3.17. The SMILES string of the molecule is Cc1cnc(Cl)c(NC2CCS(=O)(=O)c3ccccc32)c1. The van der Waals surface area contributed by atoms with Gasteiger partial charge < -0.3 is 5.32 Å². The summed E-state index contributed by atoms with van der Waals surface area (Å²) in [6, 6.07) is 8.95. The van der Waals surface area contributed by atoms with Crippen LogP contribution in [0.3, 0.4) is 0 Å². The Kier molecular flexibility index (Phi) is 3.63. The molecular weight excluding hydrogens is 308 g/mol. The van der Waals surface area contributed by atoms with Crippen molar-refractivity contribution in [1.29, 1.82) is 0 Å². The van der Waals surface area contributed by atoms with E-state index in [1.807, 2.05) is 25.1 Å². The Morgan fingerprint density at radius 2 is 2.10 bits per heavy atom. The molecule has 4 nitrogen and oxygen atoms in total. The van der Waals surface area contributed by atoms with Gasteiger partial charge in [-0.05, 0) is 36.6 Å². The van der Waals surface area contributed by atoms with E-state index in [1.165, 1.54) is 0 Å². The fourth-order valence-electron chi connectivity index (χ4n) is 2.58. The summed E-state index contributed by atoms with van der Waals surface area (Å²) in [6.45, 7) is 1.94. The van der Waals surface area contributed by atoms with E-state index < -0.39 is 9.84 Å². The molecule has 0 bridgehead atoms. The van der Waals surface area contributed by atoms with Gasteiger partial charge >= 0.3 is 0 Å². The van der Waals surface area contributed by atoms with Crippen LogP contribution in [0.1, 0.15) is 23.6 Å². The summed E-state index contributed by atoms with van der Waals surface area (Å²) in [5.41, 5.74) is 2.52. The summed E-state index contributed by atoms with van der Waals surface area (Å²) in [5.74, 6) is 0.137. The fraction of sp³-hybridized carbons (Fsp3) is 0.267. The van der Waals surface area contributed by atoms with Gasteiger partial charge in [-0.2, -0.15) is 0 Å². The van der Waals surface area contributed by atoms with Crippen molar-refractivity contribution < 1.29 is 8.42 Å². The van der Waals surface area contributed by atoms with Crippen LogP contribution < -0.4 is 5.32 Å². The third-order valence-electron chi connectivity index (χ3n) is 3.61. The third-order valence-corrected chi connectivity index (χ3v) is 5.73. The Hall–Kier alpha value is -1.59. The Bertz CT molecular complexity index is 790. The zero-order valence-electron chi connectivity index (χ0n) is 11.5. The largest absolute Gasteiger partial charge is 0.376 e. The monoisotopic (exact) mass is 322 g/mol. The molecule has 6 heteroatoms. The van der Waals surface area contributed by atoms with Crippen LogP contribution in [0.2, 0.25) is 5.15 Å². The number of fused-ring (bicyclic) bond motifs is 1. The fourth-order valence-corrected chi connectivity index (χ4v) is 4.36. The molecule has 1 unspecified atom stereocenters. The van der Waals surface area contributed by atoms with Gasteiger partial charge in [-0.1, -0.05) is 29.8 Å². The van der Waals surface area contributed by atoms with Crippen molar-refractivity contribution in [2.24, 2.45) is 0 Å². The van der Waals surface area contributed by atoms with Crippen molar-refractivity contribution in [2.45, 2.75) is 24.3 Å². The standard InChI is InChI=1S/C15H15ClN2O2S/c1-10-8-13(15(16)17-9-10)18-12-6-7-21(19,20)14-5-3-2-4-11(12)14/h2-5,8-9,12,18H,6-7H2,1H3. The number of aryl methyl sites for hydroxylation is 1. The highest BCUT2D eigenvalue weighted by Gasteiger charge is 2.30. The van der Waals surface area contributed by atoms with Crippen LogP contribution in [-0.4, -0.2) is 19.2 Å². The van der Waals surface area contributed by atoms with E-state index in [9.17, 15) is 8.42 Å². The van der Waals surface area contributed by atoms with E-state index in [1.54, 1.807) is 18.3 Å². The molecule has 1 aromatic carbocycles. The minimum Gasteiger partial charge on any atom is -0.376 e. The van der Waals surface area contributed by atoms with Crippen molar-refractivity contribution in [3.8, 4) is 0 Å². The van der Waals surface area contributed by atoms with Gasteiger partial charge in [0.25, 0.3) is 0 Å². The Morgan fingerprint density at radius 3 is 2.90 bits per heavy atom. The molecule has 0 saturated carbocycles. The second-order valence-corrected chi connectivity index (χ2v) is 7.63. The molecule has 0 fully saturated rings. The number of aromatic nitrogens is 1. The predicted molar refractivity (Wildman–Crippen MR) is 83.5 cm³/mol. The summed E-state index contributed by atoms with van der Waals surface area (Å²) in [6.07, 6.45) is 2.22. The molecule has 2 heterocycles. The zero-order chi connectivity index (χ0) is 15.0.